The summed E-state index contributed by atoms with van der Waals surface area (Å²) in [5, 5.41) is 15.9. The zero-order valence-electron chi connectivity index (χ0n) is 10.9. The van der Waals surface area contributed by atoms with Crippen LogP contribution in [0.4, 0.5) is 11.8 Å². The Kier molecular flexibility index (Phi) is 3.98. The number of anilines is 2. The van der Waals surface area contributed by atoms with Crippen molar-refractivity contribution in [1.29, 1.82) is 0 Å². The second-order valence-corrected chi connectivity index (χ2v) is 4.64. The second-order valence-electron chi connectivity index (χ2n) is 4.64. The van der Waals surface area contributed by atoms with E-state index in [0.29, 0.717) is 19.2 Å². The fraction of sp³-hybridized carbons (Fsp3) is 0.667. The van der Waals surface area contributed by atoms with Crippen molar-refractivity contribution in [2.24, 2.45) is 0 Å². The van der Waals surface area contributed by atoms with Crippen LogP contribution in [0.25, 0.3) is 0 Å². The van der Waals surface area contributed by atoms with Crippen molar-refractivity contribution in [3.05, 3.63) is 11.8 Å². The first kappa shape index (κ1) is 13.0. The highest BCUT2D eigenvalue weighted by atomic mass is 16.5. The molecule has 0 amide bonds. The first-order valence-corrected chi connectivity index (χ1v) is 6.18. The third-order valence-electron chi connectivity index (χ3n) is 3.22. The molecule has 18 heavy (non-hydrogen) atoms. The van der Waals surface area contributed by atoms with E-state index in [9.17, 15) is 5.11 Å². The van der Waals surface area contributed by atoms with Crippen LogP contribution >= 0.6 is 0 Å². The topological polar surface area (TPSA) is 79.3 Å². The van der Waals surface area contributed by atoms with Crippen molar-refractivity contribution in [2.75, 3.05) is 37.5 Å². The molecule has 3 N–H and O–H groups in total. The Morgan fingerprint density at radius 2 is 2.11 bits per heavy atom. The molecule has 0 atom stereocenters. The molecule has 0 bridgehead atoms. The summed E-state index contributed by atoms with van der Waals surface area (Å²) in [5.41, 5.74) is 0.557. The van der Waals surface area contributed by atoms with Crippen LogP contribution in [-0.4, -0.2) is 47.5 Å². The standard InChI is InChI=1S/C12H20N4O2/c1-9-7-10(15-11(13-2)14-9)16-12(8-17)3-5-18-6-4-12/h7,17H,3-6,8H2,1-2H3,(H2,13,14,15,16). The van der Waals surface area contributed by atoms with E-state index in [0.717, 1.165) is 24.4 Å². The Morgan fingerprint density at radius 1 is 1.39 bits per heavy atom. The van der Waals surface area contributed by atoms with Gasteiger partial charge in [-0.25, -0.2) is 4.98 Å². The smallest absolute Gasteiger partial charge is 0.224 e. The molecule has 1 aliphatic rings. The van der Waals surface area contributed by atoms with Crippen molar-refractivity contribution in [1.82, 2.24) is 9.97 Å². The Labute approximate surface area is 107 Å². The Bertz CT molecular complexity index is 405. The van der Waals surface area contributed by atoms with Crippen LogP contribution in [0.15, 0.2) is 6.07 Å². The summed E-state index contributed by atoms with van der Waals surface area (Å²) in [6.45, 7) is 3.32. The summed E-state index contributed by atoms with van der Waals surface area (Å²) in [7, 11) is 1.79. The molecule has 1 fully saturated rings. The molecule has 100 valence electrons. The van der Waals surface area contributed by atoms with Gasteiger partial charge in [0.25, 0.3) is 0 Å². The second kappa shape index (κ2) is 5.49. The number of nitrogens with one attached hydrogen (secondary N) is 2. The highest BCUT2D eigenvalue weighted by molar-refractivity contribution is 5.44. The minimum Gasteiger partial charge on any atom is -0.394 e. The number of aliphatic hydroxyl groups is 1. The maximum Gasteiger partial charge on any atom is 0.224 e. The van der Waals surface area contributed by atoms with Gasteiger partial charge in [0, 0.05) is 32.0 Å². The fourth-order valence-corrected chi connectivity index (χ4v) is 2.10. The monoisotopic (exact) mass is 252 g/mol. The molecule has 6 heteroatoms. The molecule has 2 rings (SSSR count). The molecule has 0 radical (unpaired) electrons. The van der Waals surface area contributed by atoms with E-state index in [-0.39, 0.29) is 12.1 Å². The minimum absolute atomic E-state index is 0.0777. The molecule has 0 aromatic carbocycles. The summed E-state index contributed by atoms with van der Waals surface area (Å²) in [6.07, 6.45) is 1.56. The molecule has 1 aromatic rings. The lowest BCUT2D eigenvalue weighted by Crippen LogP contribution is -2.47. The fourth-order valence-electron chi connectivity index (χ4n) is 2.10. The van der Waals surface area contributed by atoms with Crippen molar-refractivity contribution in [3.63, 3.8) is 0 Å². The van der Waals surface area contributed by atoms with Crippen LogP contribution in [0.5, 0.6) is 0 Å². The number of ether oxygens (including phenoxy) is 1. The summed E-state index contributed by atoms with van der Waals surface area (Å²) in [6, 6.07) is 1.88. The minimum atomic E-state index is -0.329. The van der Waals surface area contributed by atoms with Crippen LogP contribution < -0.4 is 10.6 Å². The van der Waals surface area contributed by atoms with Gasteiger partial charge in [-0.15, -0.1) is 0 Å². The first-order chi connectivity index (χ1) is 8.67. The van der Waals surface area contributed by atoms with Crippen LogP contribution in [0, 0.1) is 6.92 Å². The molecular weight excluding hydrogens is 232 g/mol. The Morgan fingerprint density at radius 3 is 2.72 bits per heavy atom. The van der Waals surface area contributed by atoms with Gasteiger partial charge in [-0.2, -0.15) is 4.98 Å². The van der Waals surface area contributed by atoms with Gasteiger partial charge >= 0.3 is 0 Å². The van der Waals surface area contributed by atoms with Gasteiger partial charge in [-0.1, -0.05) is 0 Å². The SMILES string of the molecule is CNc1nc(C)cc(NC2(CO)CCOCC2)n1. The molecule has 1 aromatic heterocycles. The van der Waals surface area contributed by atoms with Crippen molar-refractivity contribution in [2.45, 2.75) is 25.3 Å². The van der Waals surface area contributed by atoms with Gasteiger partial charge in [0.1, 0.15) is 5.82 Å². The lowest BCUT2D eigenvalue weighted by atomic mass is 9.91. The quantitative estimate of drug-likeness (QED) is 0.735. The largest absolute Gasteiger partial charge is 0.394 e. The average molecular weight is 252 g/mol. The lowest BCUT2D eigenvalue weighted by Gasteiger charge is -2.36. The van der Waals surface area contributed by atoms with E-state index in [2.05, 4.69) is 20.6 Å². The molecule has 1 aliphatic heterocycles. The highest BCUT2D eigenvalue weighted by Crippen LogP contribution is 2.25. The molecule has 0 unspecified atom stereocenters. The number of aromatic nitrogens is 2. The molecule has 6 nitrogen and oxygen atoms in total. The number of aliphatic hydroxyl groups excluding tert-OH is 1. The van der Waals surface area contributed by atoms with Gasteiger partial charge < -0.3 is 20.5 Å². The summed E-state index contributed by atoms with van der Waals surface area (Å²) >= 11 is 0. The molecule has 0 spiro atoms. The molecule has 0 saturated carbocycles. The highest BCUT2D eigenvalue weighted by Gasteiger charge is 2.32. The Hall–Kier alpha value is -1.40. The number of hydrogen-bond acceptors (Lipinski definition) is 6. The van der Waals surface area contributed by atoms with E-state index in [1.165, 1.54) is 0 Å². The molecule has 2 heterocycles. The van der Waals surface area contributed by atoms with Gasteiger partial charge in [0.2, 0.25) is 5.95 Å². The number of rotatable bonds is 4. The summed E-state index contributed by atoms with van der Waals surface area (Å²) in [4.78, 5) is 8.60. The van der Waals surface area contributed by atoms with Gasteiger partial charge in [-0.3, -0.25) is 0 Å². The van der Waals surface area contributed by atoms with Gasteiger partial charge in [-0.05, 0) is 19.8 Å². The Balaban J connectivity index is 2.18. The normalized spacial score (nSPS) is 18.4. The molecular formula is C12H20N4O2. The van der Waals surface area contributed by atoms with E-state index < -0.39 is 0 Å². The predicted molar refractivity (Wildman–Crippen MR) is 69.8 cm³/mol. The zero-order valence-corrected chi connectivity index (χ0v) is 10.9. The van der Waals surface area contributed by atoms with Crippen molar-refractivity contribution >= 4 is 11.8 Å². The van der Waals surface area contributed by atoms with Gasteiger partial charge in [0.05, 0.1) is 12.1 Å². The zero-order chi connectivity index (χ0) is 13.0. The van der Waals surface area contributed by atoms with E-state index in [1.807, 2.05) is 13.0 Å². The van der Waals surface area contributed by atoms with Gasteiger partial charge in [0.15, 0.2) is 0 Å². The average Bonchev–Trinajstić information content (AvgIpc) is 2.39. The summed E-state index contributed by atoms with van der Waals surface area (Å²) in [5.74, 6) is 1.32. The predicted octanol–water partition coefficient (Wildman–Crippen LogP) is 0.780. The lowest BCUT2D eigenvalue weighted by molar-refractivity contribution is 0.0378. The maximum atomic E-state index is 9.62. The van der Waals surface area contributed by atoms with Crippen molar-refractivity contribution in [3.8, 4) is 0 Å². The number of nitrogens with zero attached hydrogens (tertiary/aromatic N) is 2. The van der Waals surface area contributed by atoms with E-state index >= 15 is 0 Å². The van der Waals surface area contributed by atoms with Crippen molar-refractivity contribution < 1.29 is 9.84 Å². The molecule has 0 aliphatic carbocycles. The maximum absolute atomic E-state index is 9.62. The van der Waals surface area contributed by atoms with Crippen LogP contribution in [-0.2, 0) is 4.74 Å². The third-order valence-corrected chi connectivity index (χ3v) is 3.22. The van der Waals surface area contributed by atoms with E-state index in [4.69, 9.17) is 4.74 Å². The third kappa shape index (κ3) is 2.88. The van der Waals surface area contributed by atoms with Crippen LogP contribution in [0.1, 0.15) is 18.5 Å². The van der Waals surface area contributed by atoms with E-state index in [1.54, 1.807) is 7.05 Å². The molecule has 1 saturated heterocycles. The van der Waals surface area contributed by atoms with Crippen LogP contribution in [0.2, 0.25) is 0 Å². The number of aryl methyl sites for hydroxylation is 1. The summed E-state index contributed by atoms with van der Waals surface area (Å²) < 4.78 is 5.34. The first-order valence-electron chi connectivity index (χ1n) is 6.18. The van der Waals surface area contributed by atoms with Crippen LogP contribution in [0.3, 0.4) is 0 Å². The number of hydrogen-bond donors (Lipinski definition) is 3.